The fraction of sp³-hybridized carbons (Fsp3) is 0.0714. The van der Waals surface area contributed by atoms with Crippen LogP contribution in [-0.4, -0.2) is 27.3 Å². The number of anilines is 1. The average molecular weight is 346 g/mol. The van der Waals surface area contributed by atoms with Crippen LogP contribution in [0.2, 0.25) is 0 Å². The van der Waals surface area contributed by atoms with Crippen LogP contribution < -0.4 is 10.5 Å². The summed E-state index contributed by atoms with van der Waals surface area (Å²) in [5.74, 6) is 1.34. The number of methoxy groups -OCH3 is 1. The molecule has 6 nitrogen and oxygen atoms in total. The monoisotopic (exact) mass is 345 g/mol. The number of aromatic nitrogens is 4. The van der Waals surface area contributed by atoms with E-state index in [9.17, 15) is 0 Å². The van der Waals surface area contributed by atoms with Gasteiger partial charge in [0.2, 0.25) is 0 Å². The number of hydrogen-bond donors (Lipinski definition) is 1. The largest absolute Gasteiger partial charge is 0.497 e. The van der Waals surface area contributed by atoms with Crippen LogP contribution in [-0.2, 0) is 0 Å². The van der Waals surface area contributed by atoms with Crippen LogP contribution >= 0.6 is 15.9 Å². The molecule has 0 saturated carbocycles. The molecular weight excluding hydrogens is 334 g/mol. The first-order valence-corrected chi connectivity index (χ1v) is 6.96. The molecule has 1 heterocycles. The highest BCUT2D eigenvalue weighted by Crippen LogP contribution is 2.30. The zero-order valence-electron chi connectivity index (χ0n) is 11.2. The number of tetrazole rings is 1. The molecule has 2 aromatic carbocycles. The summed E-state index contributed by atoms with van der Waals surface area (Å²) in [6, 6.07) is 13.0. The van der Waals surface area contributed by atoms with Gasteiger partial charge in [-0.1, -0.05) is 22.0 Å². The third-order valence-corrected chi connectivity index (χ3v) is 3.69. The second-order valence-electron chi connectivity index (χ2n) is 4.36. The van der Waals surface area contributed by atoms with Gasteiger partial charge >= 0.3 is 0 Å². The number of benzene rings is 2. The van der Waals surface area contributed by atoms with Crippen LogP contribution in [0.15, 0.2) is 46.9 Å². The van der Waals surface area contributed by atoms with Crippen LogP contribution in [0.1, 0.15) is 0 Å². The molecule has 0 bridgehead atoms. The van der Waals surface area contributed by atoms with Gasteiger partial charge in [0.25, 0.3) is 0 Å². The Hall–Kier alpha value is -2.41. The zero-order valence-corrected chi connectivity index (χ0v) is 12.8. The molecule has 0 atom stereocenters. The molecule has 7 heteroatoms. The first-order valence-electron chi connectivity index (χ1n) is 6.17. The van der Waals surface area contributed by atoms with E-state index in [4.69, 9.17) is 10.5 Å². The highest BCUT2D eigenvalue weighted by Gasteiger charge is 2.14. The lowest BCUT2D eigenvalue weighted by molar-refractivity contribution is 0.414. The van der Waals surface area contributed by atoms with Crippen molar-refractivity contribution in [3.8, 4) is 22.8 Å². The van der Waals surface area contributed by atoms with E-state index in [-0.39, 0.29) is 0 Å². The molecule has 3 rings (SSSR count). The Morgan fingerprint density at radius 1 is 1.19 bits per heavy atom. The van der Waals surface area contributed by atoms with Gasteiger partial charge in [-0.15, -0.1) is 5.10 Å². The highest BCUT2D eigenvalue weighted by molar-refractivity contribution is 9.10. The lowest BCUT2D eigenvalue weighted by atomic mass is 10.2. The van der Waals surface area contributed by atoms with E-state index < -0.39 is 0 Å². The van der Waals surface area contributed by atoms with Gasteiger partial charge in [0.1, 0.15) is 5.75 Å². The third kappa shape index (κ3) is 2.59. The van der Waals surface area contributed by atoms with E-state index in [1.54, 1.807) is 11.8 Å². The molecular formula is C14H12BrN5O. The zero-order chi connectivity index (χ0) is 14.8. The highest BCUT2D eigenvalue weighted by atomic mass is 79.9. The van der Waals surface area contributed by atoms with E-state index in [2.05, 4.69) is 31.5 Å². The molecule has 0 aliphatic rings. The summed E-state index contributed by atoms with van der Waals surface area (Å²) in [6.07, 6.45) is 0. The lowest BCUT2D eigenvalue weighted by Crippen LogP contribution is -2.01. The topological polar surface area (TPSA) is 78.8 Å². The van der Waals surface area contributed by atoms with Crippen molar-refractivity contribution >= 4 is 21.6 Å². The molecule has 3 aromatic rings. The summed E-state index contributed by atoms with van der Waals surface area (Å²) in [5.41, 5.74) is 8.13. The first kappa shape index (κ1) is 13.6. The van der Waals surface area contributed by atoms with Crippen molar-refractivity contribution in [3.05, 3.63) is 46.9 Å². The van der Waals surface area contributed by atoms with Crippen molar-refractivity contribution in [2.75, 3.05) is 12.8 Å². The van der Waals surface area contributed by atoms with Gasteiger partial charge in [0.15, 0.2) is 5.82 Å². The maximum atomic E-state index is 5.85. The average Bonchev–Trinajstić information content (AvgIpc) is 2.99. The summed E-state index contributed by atoms with van der Waals surface area (Å²) < 4.78 is 7.74. The number of hydrogen-bond acceptors (Lipinski definition) is 5. The summed E-state index contributed by atoms with van der Waals surface area (Å²) in [6.45, 7) is 0. The minimum absolute atomic E-state index is 0.599. The van der Waals surface area contributed by atoms with Crippen LogP contribution in [0.3, 0.4) is 0 Å². The van der Waals surface area contributed by atoms with Gasteiger partial charge in [-0.3, -0.25) is 0 Å². The van der Waals surface area contributed by atoms with E-state index in [0.29, 0.717) is 11.5 Å². The Bertz CT molecular complexity index is 787. The molecule has 21 heavy (non-hydrogen) atoms. The molecule has 0 spiro atoms. The number of nitrogen functional groups attached to an aromatic ring is 1. The van der Waals surface area contributed by atoms with Crippen molar-refractivity contribution in [1.82, 2.24) is 20.2 Å². The van der Waals surface area contributed by atoms with Crippen molar-refractivity contribution < 1.29 is 4.74 Å². The quantitative estimate of drug-likeness (QED) is 0.738. The number of ether oxygens (including phenoxy) is 1. The van der Waals surface area contributed by atoms with Gasteiger partial charge in [-0.2, -0.15) is 4.68 Å². The molecule has 0 amide bonds. The lowest BCUT2D eigenvalue weighted by Gasteiger charge is -2.08. The van der Waals surface area contributed by atoms with E-state index >= 15 is 0 Å². The van der Waals surface area contributed by atoms with Crippen LogP contribution in [0.5, 0.6) is 5.75 Å². The number of nitrogens with two attached hydrogens (primary N) is 1. The fourth-order valence-electron chi connectivity index (χ4n) is 1.99. The number of halogens is 1. The minimum atomic E-state index is 0.599. The van der Waals surface area contributed by atoms with Crippen molar-refractivity contribution in [2.24, 2.45) is 0 Å². The molecule has 1 aromatic heterocycles. The van der Waals surface area contributed by atoms with Crippen LogP contribution in [0.25, 0.3) is 17.1 Å². The SMILES string of the molecule is COc1cccc(-n2nnnc2-c2cc(N)ccc2Br)c1. The Morgan fingerprint density at radius 3 is 2.86 bits per heavy atom. The maximum Gasteiger partial charge on any atom is 0.188 e. The Morgan fingerprint density at radius 2 is 2.05 bits per heavy atom. The Labute approximate surface area is 129 Å². The predicted molar refractivity (Wildman–Crippen MR) is 83.3 cm³/mol. The van der Waals surface area contributed by atoms with Gasteiger partial charge in [0.05, 0.1) is 12.8 Å². The number of nitrogens with zero attached hydrogens (tertiary/aromatic N) is 4. The third-order valence-electron chi connectivity index (χ3n) is 3.00. The molecule has 0 saturated heterocycles. The van der Waals surface area contributed by atoms with Crippen molar-refractivity contribution in [1.29, 1.82) is 0 Å². The van der Waals surface area contributed by atoms with Crippen molar-refractivity contribution in [3.63, 3.8) is 0 Å². The molecule has 106 valence electrons. The molecule has 0 radical (unpaired) electrons. The number of rotatable bonds is 3. The molecule has 2 N–H and O–H groups in total. The van der Waals surface area contributed by atoms with Gasteiger partial charge in [-0.25, -0.2) is 0 Å². The van der Waals surface area contributed by atoms with Gasteiger partial charge in [0, 0.05) is 21.8 Å². The Balaban J connectivity index is 2.14. The van der Waals surface area contributed by atoms with E-state index in [0.717, 1.165) is 21.5 Å². The molecule has 0 fully saturated rings. The predicted octanol–water partition coefficient (Wildman–Crippen LogP) is 2.68. The second-order valence-corrected chi connectivity index (χ2v) is 5.21. The second kappa shape index (κ2) is 5.53. The molecule has 0 aliphatic carbocycles. The summed E-state index contributed by atoms with van der Waals surface area (Å²) >= 11 is 3.50. The Kier molecular flexibility index (Phi) is 3.57. The first-order chi connectivity index (χ1) is 10.2. The summed E-state index contributed by atoms with van der Waals surface area (Å²) in [5, 5.41) is 11.9. The minimum Gasteiger partial charge on any atom is -0.497 e. The summed E-state index contributed by atoms with van der Waals surface area (Å²) in [4.78, 5) is 0. The van der Waals surface area contributed by atoms with E-state index in [1.807, 2.05) is 42.5 Å². The normalized spacial score (nSPS) is 10.6. The van der Waals surface area contributed by atoms with Crippen LogP contribution in [0, 0.1) is 0 Å². The van der Waals surface area contributed by atoms with E-state index in [1.165, 1.54) is 0 Å². The maximum absolute atomic E-state index is 5.85. The van der Waals surface area contributed by atoms with Crippen molar-refractivity contribution in [2.45, 2.75) is 0 Å². The van der Waals surface area contributed by atoms with Gasteiger partial charge in [-0.05, 0) is 40.8 Å². The standard InChI is InChI=1S/C14H12BrN5O/c1-21-11-4-2-3-10(8-11)20-14(17-18-19-20)12-7-9(16)5-6-13(12)15/h2-8H,16H2,1H3. The van der Waals surface area contributed by atoms with Crippen LogP contribution in [0.4, 0.5) is 5.69 Å². The molecule has 0 unspecified atom stereocenters. The fourth-order valence-corrected chi connectivity index (χ4v) is 2.41. The molecule has 0 aliphatic heterocycles. The summed E-state index contributed by atoms with van der Waals surface area (Å²) in [7, 11) is 1.62. The smallest absolute Gasteiger partial charge is 0.188 e. The van der Waals surface area contributed by atoms with Gasteiger partial charge < -0.3 is 10.5 Å².